The highest BCUT2D eigenvalue weighted by atomic mass is 16.5. The van der Waals surface area contributed by atoms with E-state index in [1.54, 1.807) is 6.07 Å². The van der Waals surface area contributed by atoms with Gasteiger partial charge in [0.15, 0.2) is 0 Å². The molecule has 1 heterocycles. The van der Waals surface area contributed by atoms with E-state index in [0.717, 1.165) is 18.5 Å². The van der Waals surface area contributed by atoms with Gasteiger partial charge in [0, 0.05) is 17.3 Å². The molecule has 1 aliphatic rings. The number of nitrogens with two attached hydrogens (primary N) is 1. The summed E-state index contributed by atoms with van der Waals surface area (Å²) < 4.78 is 6.07. The van der Waals surface area contributed by atoms with Crippen LogP contribution in [0.5, 0.6) is 5.88 Å². The van der Waals surface area contributed by atoms with Crippen LogP contribution in [-0.2, 0) is 0 Å². The van der Waals surface area contributed by atoms with Crippen molar-refractivity contribution < 1.29 is 4.74 Å². The molecule has 0 saturated heterocycles. The lowest BCUT2D eigenvalue weighted by Crippen LogP contribution is -2.30. The molecular formula is C15H23N3O. The Morgan fingerprint density at radius 2 is 2.16 bits per heavy atom. The molecule has 4 nitrogen and oxygen atoms in total. The summed E-state index contributed by atoms with van der Waals surface area (Å²) in [6, 6.07) is 3.59. The Hall–Kier alpha value is -1.58. The predicted octanol–water partition coefficient (Wildman–Crippen LogP) is 3.02. The molecule has 0 amide bonds. The number of nitrogen functional groups attached to an aromatic ring is 1. The number of amidine groups is 1. The monoisotopic (exact) mass is 261 g/mol. The highest BCUT2D eigenvalue weighted by molar-refractivity contribution is 5.95. The van der Waals surface area contributed by atoms with Crippen molar-refractivity contribution in [3.8, 4) is 5.88 Å². The Balaban J connectivity index is 2.15. The van der Waals surface area contributed by atoms with Gasteiger partial charge in [0.25, 0.3) is 0 Å². The maximum absolute atomic E-state index is 7.52. The minimum atomic E-state index is 0.0611. The molecule has 1 aromatic heterocycles. The molecule has 19 heavy (non-hydrogen) atoms. The summed E-state index contributed by atoms with van der Waals surface area (Å²) in [7, 11) is 0. The van der Waals surface area contributed by atoms with Crippen LogP contribution < -0.4 is 10.5 Å². The maximum Gasteiger partial charge on any atom is 0.214 e. The number of nitrogens with one attached hydrogen (secondary N) is 1. The van der Waals surface area contributed by atoms with Gasteiger partial charge < -0.3 is 10.5 Å². The summed E-state index contributed by atoms with van der Waals surface area (Å²) in [5.41, 5.74) is 7.06. The van der Waals surface area contributed by atoms with Gasteiger partial charge in [-0.1, -0.05) is 13.3 Å². The van der Waals surface area contributed by atoms with Crippen LogP contribution in [0.4, 0.5) is 0 Å². The first-order valence-corrected chi connectivity index (χ1v) is 7.10. The number of ether oxygens (including phenoxy) is 1. The fraction of sp³-hybridized carbons (Fsp3) is 0.600. The molecule has 3 N–H and O–H groups in total. The zero-order chi connectivity index (χ0) is 13.8. The van der Waals surface area contributed by atoms with Crippen molar-refractivity contribution in [2.75, 3.05) is 0 Å². The van der Waals surface area contributed by atoms with E-state index in [2.05, 4.69) is 11.9 Å². The molecule has 2 atom stereocenters. The van der Waals surface area contributed by atoms with Crippen LogP contribution >= 0.6 is 0 Å². The first-order valence-electron chi connectivity index (χ1n) is 7.10. The van der Waals surface area contributed by atoms with Crippen LogP contribution in [-0.4, -0.2) is 16.9 Å². The van der Waals surface area contributed by atoms with Gasteiger partial charge in [-0.05, 0) is 44.6 Å². The van der Waals surface area contributed by atoms with Crippen LogP contribution in [0, 0.1) is 18.3 Å². The molecule has 2 rings (SSSR count). The van der Waals surface area contributed by atoms with Gasteiger partial charge >= 0.3 is 0 Å². The summed E-state index contributed by atoms with van der Waals surface area (Å²) in [5, 5.41) is 7.52. The highest BCUT2D eigenvalue weighted by Gasteiger charge is 2.25. The summed E-state index contributed by atoms with van der Waals surface area (Å²) in [6.45, 7) is 4.12. The SMILES string of the molecule is CCC1CCCCC1Oc1cc(C(=N)N)cc(C)n1. The summed E-state index contributed by atoms with van der Waals surface area (Å²) in [6.07, 6.45) is 6.28. The Labute approximate surface area is 114 Å². The van der Waals surface area contributed by atoms with E-state index in [4.69, 9.17) is 15.9 Å². The average molecular weight is 261 g/mol. The second-order valence-electron chi connectivity index (χ2n) is 5.36. The number of aromatic nitrogens is 1. The molecule has 1 aliphatic carbocycles. The van der Waals surface area contributed by atoms with E-state index in [1.165, 1.54) is 19.3 Å². The summed E-state index contributed by atoms with van der Waals surface area (Å²) in [4.78, 5) is 4.40. The Kier molecular flexibility index (Phi) is 4.40. The molecular weight excluding hydrogens is 238 g/mol. The van der Waals surface area contributed by atoms with Gasteiger partial charge in [0.1, 0.15) is 11.9 Å². The topological polar surface area (TPSA) is 72.0 Å². The van der Waals surface area contributed by atoms with Crippen molar-refractivity contribution in [3.63, 3.8) is 0 Å². The van der Waals surface area contributed by atoms with Crippen molar-refractivity contribution in [3.05, 3.63) is 23.4 Å². The van der Waals surface area contributed by atoms with Crippen LogP contribution in [0.3, 0.4) is 0 Å². The van der Waals surface area contributed by atoms with Crippen LogP contribution in [0.15, 0.2) is 12.1 Å². The van der Waals surface area contributed by atoms with Gasteiger partial charge in [-0.15, -0.1) is 0 Å². The van der Waals surface area contributed by atoms with Gasteiger partial charge in [0.2, 0.25) is 5.88 Å². The van der Waals surface area contributed by atoms with Gasteiger partial charge in [0.05, 0.1) is 0 Å². The zero-order valence-electron chi connectivity index (χ0n) is 11.8. The first-order chi connectivity index (χ1) is 9.10. The number of nitrogens with zero attached hydrogens (tertiary/aromatic N) is 1. The minimum absolute atomic E-state index is 0.0611. The zero-order valence-corrected chi connectivity index (χ0v) is 11.8. The minimum Gasteiger partial charge on any atom is -0.474 e. The second kappa shape index (κ2) is 6.04. The fourth-order valence-electron chi connectivity index (χ4n) is 2.80. The van der Waals surface area contributed by atoms with Gasteiger partial charge in [-0.25, -0.2) is 4.98 Å². The molecule has 0 radical (unpaired) electrons. The Morgan fingerprint density at radius 1 is 1.42 bits per heavy atom. The van der Waals surface area contributed by atoms with Crippen molar-refractivity contribution in [1.82, 2.24) is 4.98 Å². The van der Waals surface area contributed by atoms with Crippen LogP contribution in [0.1, 0.15) is 50.3 Å². The van der Waals surface area contributed by atoms with Crippen LogP contribution in [0.25, 0.3) is 0 Å². The first kappa shape index (κ1) is 13.8. The van der Waals surface area contributed by atoms with Crippen LogP contribution in [0.2, 0.25) is 0 Å². The van der Waals surface area contributed by atoms with E-state index in [1.807, 2.05) is 13.0 Å². The van der Waals surface area contributed by atoms with E-state index in [-0.39, 0.29) is 11.9 Å². The van der Waals surface area contributed by atoms with Crippen molar-refractivity contribution in [2.24, 2.45) is 11.7 Å². The van der Waals surface area contributed by atoms with Crippen molar-refractivity contribution >= 4 is 5.84 Å². The van der Waals surface area contributed by atoms with Crippen molar-refractivity contribution in [1.29, 1.82) is 5.41 Å². The molecule has 2 unspecified atom stereocenters. The molecule has 104 valence electrons. The number of rotatable bonds is 4. The molecule has 1 fully saturated rings. The normalized spacial score (nSPS) is 23.1. The number of hydrogen-bond donors (Lipinski definition) is 2. The molecule has 4 heteroatoms. The van der Waals surface area contributed by atoms with Gasteiger partial charge in [-0.2, -0.15) is 0 Å². The summed E-state index contributed by atoms with van der Waals surface area (Å²) >= 11 is 0. The van der Waals surface area contributed by atoms with E-state index >= 15 is 0 Å². The molecule has 0 aromatic carbocycles. The third-order valence-corrected chi connectivity index (χ3v) is 3.88. The molecule has 0 aliphatic heterocycles. The summed E-state index contributed by atoms with van der Waals surface area (Å²) in [5.74, 6) is 1.29. The smallest absolute Gasteiger partial charge is 0.214 e. The lowest BCUT2D eigenvalue weighted by atomic mass is 9.85. The third-order valence-electron chi connectivity index (χ3n) is 3.88. The van der Waals surface area contributed by atoms with E-state index in [0.29, 0.717) is 17.4 Å². The average Bonchev–Trinajstić information content (AvgIpc) is 2.38. The number of aryl methyl sites for hydroxylation is 1. The van der Waals surface area contributed by atoms with Crippen molar-refractivity contribution in [2.45, 2.75) is 52.1 Å². The maximum atomic E-state index is 7.52. The highest BCUT2D eigenvalue weighted by Crippen LogP contribution is 2.30. The second-order valence-corrected chi connectivity index (χ2v) is 5.36. The Bertz CT molecular complexity index is 459. The predicted molar refractivity (Wildman–Crippen MR) is 76.7 cm³/mol. The third kappa shape index (κ3) is 3.46. The van der Waals surface area contributed by atoms with E-state index < -0.39 is 0 Å². The molecule has 0 bridgehead atoms. The Morgan fingerprint density at radius 3 is 2.84 bits per heavy atom. The lowest BCUT2D eigenvalue weighted by molar-refractivity contribution is 0.0857. The number of hydrogen-bond acceptors (Lipinski definition) is 3. The standard InChI is InChI=1S/C15H23N3O/c1-3-11-6-4-5-7-13(11)19-14-9-12(15(16)17)8-10(2)18-14/h8-9,11,13H,3-7H2,1-2H3,(H3,16,17). The molecule has 1 aromatic rings. The largest absolute Gasteiger partial charge is 0.474 e. The van der Waals surface area contributed by atoms with E-state index in [9.17, 15) is 0 Å². The lowest BCUT2D eigenvalue weighted by Gasteiger charge is -2.30. The fourth-order valence-corrected chi connectivity index (χ4v) is 2.80. The molecule has 0 spiro atoms. The molecule has 1 saturated carbocycles. The van der Waals surface area contributed by atoms with Gasteiger partial charge in [-0.3, -0.25) is 5.41 Å². The number of pyridine rings is 1. The quantitative estimate of drug-likeness (QED) is 0.646.